The standard InChI is InChI=1S/C15H23NO4/c1-10(2)9-16-13(15(17)20-5)11-7-6-8-12(18-3)14(11)19-4/h6-8,10,13,16H,9H2,1-5H3. The van der Waals surface area contributed by atoms with Crippen LogP contribution in [0, 0.1) is 5.92 Å². The second-order valence-corrected chi connectivity index (χ2v) is 4.84. The van der Waals surface area contributed by atoms with Crippen LogP contribution in [-0.2, 0) is 9.53 Å². The molecule has 0 aliphatic carbocycles. The highest BCUT2D eigenvalue weighted by atomic mass is 16.5. The van der Waals surface area contributed by atoms with Crippen LogP contribution in [0.4, 0.5) is 0 Å². The fraction of sp³-hybridized carbons (Fsp3) is 0.533. The number of rotatable bonds is 7. The SMILES string of the molecule is COC(=O)C(NCC(C)C)c1cccc(OC)c1OC. The number of nitrogens with one attached hydrogen (secondary N) is 1. The van der Waals surface area contributed by atoms with Gasteiger partial charge in [-0.15, -0.1) is 0 Å². The summed E-state index contributed by atoms with van der Waals surface area (Å²) in [5.74, 6) is 1.20. The summed E-state index contributed by atoms with van der Waals surface area (Å²) < 4.78 is 15.5. The van der Waals surface area contributed by atoms with Crippen LogP contribution in [0.15, 0.2) is 18.2 Å². The summed E-state index contributed by atoms with van der Waals surface area (Å²) in [6.45, 7) is 4.84. The van der Waals surface area contributed by atoms with Crippen LogP contribution >= 0.6 is 0 Å². The second-order valence-electron chi connectivity index (χ2n) is 4.84. The van der Waals surface area contributed by atoms with E-state index in [1.54, 1.807) is 20.3 Å². The third-order valence-corrected chi connectivity index (χ3v) is 2.91. The molecular formula is C15H23NO4. The molecule has 5 nitrogen and oxygen atoms in total. The fourth-order valence-electron chi connectivity index (χ4n) is 1.93. The average Bonchev–Trinajstić information content (AvgIpc) is 2.46. The number of esters is 1. The minimum absolute atomic E-state index is 0.350. The number of carbonyl (C=O) groups is 1. The van der Waals surface area contributed by atoms with Crippen LogP contribution < -0.4 is 14.8 Å². The monoisotopic (exact) mass is 281 g/mol. The molecule has 1 N–H and O–H groups in total. The molecule has 0 heterocycles. The molecule has 1 atom stereocenters. The van der Waals surface area contributed by atoms with Crippen molar-refractivity contribution in [3.8, 4) is 11.5 Å². The van der Waals surface area contributed by atoms with Gasteiger partial charge in [0.05, 0.1) is 21.3 Å². The van der Waals surface area contributed by atoms with Crippen molar-refractivity contribution in [2.45, 2.75) is 19.9 Å². The Bertz CT molecular complexity index is 445. The van der Waals surface area contributed by atoms with Crippen molar-refractivity contribution in [2.24, 2.45) is 5.92 Å². The molecule has 20 heavy (non-hydrogen) atoms. The van der Waals surface area contributed by atoms with E-state index < -0.39 is 6.04 Å². The quantitative estimate of drug-likeness (QED) is 0.776. The van der Waals surface area contributed by atoms with Gasteiger partial charge < -0.3 is 19.5 Å². The Labute approximate surface area is 120 Å². The number of para-hydroxylation sites is 1. The van der Waals surface area contributed by atoms with Crippen LogP contribution in [0.2, 0.25) is 0 Å². The molecule has 0 spiro atoms. The summed E-state index contributed by atoms with van der Waals surface area (Å²) in [7, 11) is 4.49. The summed E-state index contributed by atoms with van der Waals surface area (Å²) in [4.78, 5) is 12.0. The molecule has 1 aromatic carbocycles. The van der Waals surface area contributed by atoms with Gasteiger partial charge in [0.15, 0.2) is 11.5 Å². The summed E-state index contributed by atoms with van der Waals surface area (Å²) in [5, 5.41) is 3.20. The average molecular weight is 281 g/mol. The lowest BCUT2D eigenvalue weighted by atomic mass is 10.0. The highest BCUT2D eigenvalue weighted by molar-refractivity contribution is 5.79. The molecule has 1 aromatic rings. The molecular weight excluding hydrogens is 258 g/mol. The van der Waals surface area contributed by atoms with E-state index in [9.17, 15) is 4.79 Å². The predicted molar refractivity (Wildman–Crippen MR) is 77.1 cm³/mol. The molecule has 1 unspecified atom stereocenters. The highest BCUT2D eigenvalue weighted by Crippen LogP contribution is 2.35. The van der Waals surface area contributed by atoms with E-state index in [2.05, 4.69) is 19.2 Å². The number of ether oxygens (including phenoxy) is 3. The molecule has 1 rings (SSSR count). The van der Waals surface area contributed by atoms with Gasteiger partial charge in [-0.1, -0.05) is 26.0 Å². The van der Waals surface area contributed by atoms with Crippen LogP contribution in [0.3, 0.4) is 0 Å². The molecule has 112 valence electrons. The number of carbonyl (C=O) groups excluding carboxylic acids is 1. The second kappa shape index (κ2) is 7.75. The third kappa shape index (κ3) is 3.87. The fourth-order valence-corrected chi connectivity index (χ4v) is 1.93. The molecule has 0 radical (unpaired) electrons. The van der Waals surface area contributed by atoms with Gasteiger partial charge in [0, 0.05) is 5.56 Å². The summed E-state index contributed by atoms with van der Waals surface area (Å²) in [6.07, 6.45) is 0. The van der Waals surface area contributed by atoms with Gasteiger partial charge in [0.25, 0.3) is 0 Å². The van der Waals surface area contributed by atoms with Gasteiger partial charge in [-0.05, 0) is 18.5 Å². The Balaban J connectivity index is 3.15. The first kappa shape index (κ1) is 16.3. The van der Waals surface area contributed by atoms with Crippen molar-refractivity contribution in [1.82, 2.24) is 5.32 Å². The summed E-state index contributed by atoms with van der Waals surface area (Å²) in [6, 6.07) is 4.87. The van der Waals surface area contributed by atoms with Gasteiger partial charge in [0.1, 0.15) is 6.04 Å². The van der Waals surface area contributed by atoms with Gasteiger partial charge in [-0.2, -0.15) is 0 Å². The molecule has 0 aromatic heterocycles. The maximum atomic E-state index is 12.0. The maximum absolute atomic E-state index is 12.0. The van der Waals surface area contributed by atoms with Crippen molar-refractivity contribution in [3.05, 3.63) is 23.8 Å². The van der Waals surface area contributed by atoms with Gasteiger partial charge in [-0.25, -0.2) is 4.79 Å². The summed E-state index contributed by atoms with van der Waals surface area (Å²) in [5.41, 5.74) is 0.708. The minimum atomic E-state index is -0.576. The van der Waals surface area contributed by atoms with Gasteiger partial charge in [0.2, 0.25) is 0 Å². The minimum Gasteiger partial charge on any atom is -0.493 e. The predicted octanol–water partition coefficient (Wildman–Crippen LogP) is 2.16. The van der Waals surface area contributed by atoms with Crippen molar-refractivity contribution in [3.63, 3.8) is 0 Å². The number of hydrogen-bond donors (Lipinski definition) is 1. The van der Waals surface area contributed by atoms with Crippen LogP contribution in [0.1, 0.15) is 25.5 Å². The largest absolute Gasteiger partial charge is 0.493 e. The molecule has 0 aliphatic heterocycles. The zero-order valence-corrected chi connectivity index (χ0v) is 12.7. The molecule has 5 heteroatoms. The topological polar surface area (TPSA) is 56.8 Å². The highest BCUT2D eigenvalue weighted by Gasteiger charge is 2.26. The van der Waals surface area contributed by atoms with E-state index >= 15 is 0 Å². The first-order valence-electron chi connectivity index (χ1n) is 6.57. The Morgan fingerprint density at radius 1 is 1.20 bits per heavy atom. The van der Waals surface area contributed by atoms with Crippen molar-refractivity contribution >= 4 is 5.97 Å². The van der Waals surface area contributed by atoms with Crippen molar-refractivity contribution in [2.75, 3.05) is 27.9 Å². The first-order valence-corrected chi connectivity index (χ1v) is 6.57. The van der Waals surface area contributed by atoms with Crippen LogP contribution in [-0.4, -0.2) is 33.8 Å². The van der Waals surface area contributed by atoms with E-state index in [-0.39, 0.29) is 5.97 Å². The molecule has 0 fully saturated rings. The zero-order chi connectivity index (χ0) is 15.1. The molecule has 0 bridgehead atoms. The summed E-state index contributed by atoms with van der Waals surface area (Å²) >= 11 is 0. The van der Waals surface area contributed by atoms with Gasteiger partial charge in [-0.3, -0.25) is 0 Å². The lowest BCUT2D eigenvalue weighted by Gasteiger charge is -2.21. The maximum Gasteiger partial charge on any atom is 0.327 e. The van der Waals surface area contributed by atoms with E-state index in [0.29, 0.717) is 29.5 Å². The smallest absolute Gasteiger partial charge is 0.327 e. The first-order chi connectivity index (χ1) is 9.54. The van der Waals surface area contributed by atoms with E-state index in [1.165, 1.54) is 7.11 Å². The van der Waals surface area contributed by atoms with Crippen LogP contribution in [0.5, 0.6) is 11.5 Å². The molecule has 0 aliphatic rings. The van der Waals surface area contributed by atoms with Crippen LogP contribution in [0.25, 0.3) is 0 Å². The molecule has 0 saturated carbocycles. The Morgan fingerprint density at radius 3 is 2.40 bits per heavy atom. The Hall–Kier alpha value is -1.75. The lowest BCUT2D eigenvalue weighted by Crippen LogP contribution is -2.32. The Morgan fingerprint density at radius 2 is 1.90 bits per heavy atom. The molecule has 0 saturated heterocycles. The third-order valence-electron chi connectivity index (χ3n) is 2.91. The zero-order valence-electron chi connectivity index (χ0n) is 12.7. The normalized spacial score (nSPS) is 12.1. The Kier molecular flexibility index (Phi) is 6.31. The lowest BCUT2D eigenvalue weighted by molar-refractivity contribution is -0.143. The van der Waals surface area contributed by atoms with Crippen molar-refractivity contribution in [1.29, 1.82) is 0 Å². The van der Waals surface area contributed by atoms with Crippen molar-refractivity contribution < 1.29 is 19.0 Å². The van der Waals surface area contributed by atoms with Gasteiger partial charge >= 0.3 is 5.97 Å². The number of benzene rings is 1. The molecule has 0 amide bonds. The van der Waals surface area contributed by atoms with E-state index in [4.69, 9.17) is 14.2 Å². The van der Waals surface area contributed by atoms with E-state index in [1.807, 2.05) is 12.1 Å². The number of methoxy groups -OCH3 is 3. The van der Waals surface area contributed by atoms with E-state index in [0.717, 1.165) is 0 Å². The number of hydrogen-bond acceptors (Lipinski definition) is 5.